The van der Waals surface area contributed by atoms with Gasteiger partial charge in [-0.1, -0.05) is 15.9 Å². The Morgan fingerprint density at radius 2 is 2.04 bits per heavy atom. The summed E-state index contributed by atoms with van der Waals surface area (Å²) >= 11 is 3.46. The van der Waals surface area contributed by atoms with Crippen LogP contribution in [-0.2, 0) is 10.3 Å². The van der Waals surface area contributed by atoms with Crippen molar-refractivity contribution < 1.29 is 14.3 Å². The molecule has 2 aliphatic rings. The molecule has 136 valence electrons. The first-order chi connectivity index (χ1) is 11.6. The Morgan fingerprint density at radius 1 is 1.32 bits per heavy atom. The molecule has 2 heterocycles. The molecular weight excluding hydrogens is 386 g/mol. The Kier molecular flexibility index (Phi) is 4.58. The normalized spacial score (nSPS) is 24.5. The Labute approximate surface area is 156 Å². The van der Waals surface area contributed by atoms with Crippen LogP contribution >= 0.6 is 15.9 Å². The zero-order chi connectivity index (χ0) is 18.4. The highest BCUT2D eigenvalue weighted by Crippen LogP contribution is 2.47. The summed E-state index contributed by atoms with van der Waals surface area (Å²) in [5.74, 6) is 0.454. The maximum atomic E-state index is 13.3. The lowest BCUT2D eigenvalue weighted by Gasteiger charge is -2.42. The van der Waals surface area contributed by atoms with E-state index in [1.165, 1.54) is 4.90 Å². The first-order valence-electron chi connectivity index (χ1n) is 8.42. The van der Waals surface area contributed by atoms with Crippen molar-refractivity contribution in [3.63, 3.8) is 0 Å². The number of rotatable bonds is 4. The topological polar surface area (TPSA) is 61.9 Å². The fourth-order valence-corrected chi connectivity index (χ4v) is 4.03. The molecule has 1 aromatic rings. The van der Waals surface area contributed by atoms with E-state index in [1.807, 2.05) is 51.0 Å². The predicted octanol–water partition coefficient (Wildman–Crippen LogP) is 2.71. The molecular formula is C18H24BrN3O3. The Hall–Kier alpha value is -1.60. The van der Waals surface area contributed by atoms with E-state index < -0.39 is 11.1 Å². The van der Waals surface area contributed by atoms with E-state index in [1.54, 1.807) is 0 Å². The lowest BCUT2D eigenvalue weighted by atomic mass is 9.77. The highest BCUT2D eigenvalue weighted by Gasteiger charge is 2.58. The third-order valence-electron chi connectivity index (χ3n) is 4.64. The number of imide groups is 1. The zero-order valence-electron chi connectivity index (χ0n) is 15.1. The van der Waals surface area contributed by atoms with Crippen molar-refractivity contribution in [2.24, 2.45) is 0 Å². The molecule has 0 radical (unpaired) electrons. The summed E-state index contributed by atoms with van der Waals surface area (Å²) in [4.78, 5) is 29.2. The van der Waals surface area contributed by atoms with Crippen LogP contribution in [0.25, 0.3) is 0 Å². The molecule has 2 aliphatic heterocycles. The van der Waals surface area contributed by atoms with Crippen LogP contribution in [-0.4, -0.2) is 54.5 Å². The maximum absolute atomic E-state index is 13.3. The quantitative estimate of drug-likeness (QED) is 0.776. The van der Waals surface area contributed by atoms with E-state index in [0.717, 1.165) is 23.0 Å². The lowest BCUT2D eigenvalue weighted by Crippen LogP contribution is -2.53. The highest BCUT2D eigenvalue weighted by molar-refractivity contribution is 9.10. The van der Waals surface area contributed by atoms with Crippen molar-refractivity contribution in [3.8, 4) is 5.75 Å². The van der Waals surface area contributed by atoms with Gasteiger partial charge in [0, 0.05) is 23.0 Å². The number of hydrogen-bond acceptors (Lipinski definition) is 4. The molecule has 1 saturated heterocycles. The van der Waals surface area contributed by atoms with E-state index in [4.69, 9.17) is 4.74 Å². The molecule has 1 unspecified atom stereocenters. The first kappa shape index (κ1) is 18.2. The fraction of sp³-hybridized carbons (Fsp3) is 0.556. The van der Waals surface area contributed by atoms with Crippen LogP contribution in [0.15, 0.2) is 22.7 Å². The van der Waals surface area contributed by atoms with Crippen LogP contribution in [0.2, 0.25) is 0 Å². The van der Waals surface area contributed by atoms with Gasteiger partial charge in [-0.15, -0.1) is 0 Å². The van der Waals surface area contributed by atoms with Crippen LogP contribution in [0.4, 0.5) is 4.79 Å². The minimum Gasteiger partial charge on any atom is -0.487 e. The first-order valence-corrected chi connectivity index (χ1v) is 9.22. The van der Waals surface area contributed by atoms with Crippen molar-refractivity contribution >= 4 is 27.9 Å². The second kappa shape index (κ2) is 6.29. The zero-order valence-corrected chi connectivity index (χ0v) is 16.6. The van der Waals surface area contributed by atoms with Crippen molar-refractivity contribution in [2.75, 3.05) is 27.2 Å². The largest absolute Gasteiger partial charge is 0.487 e. The van der Waals surface area contributed by atoms with Gasteiger partial charge >= 0.3 is 6.03 Å². The Balaban J connectivity index is 1.97. The molecule has 1 fully saturated rings. The summed E-state index contributed by atoms with van der Waals surface area (Å²) in [5.41, 5.74) is -0.894. The molecule has 25 heavy (non-hydrogen) atoms. The second-order valence-electron chi connectivity index (χ2n) is 7.63. The van der Waals surface area contributed by atoms with Crippen molar-refractivity contribution in [1.82, 2.24) is 15.1 Å². The average molecular weight is 410 g/mol. The number of nitrogens with one attached hydrogen (secondary N) is 1. The molecule has 1 spiro atoms. The minimum absolute atomic E-state index is 0.188. The van der Waals surface area contributed by atoms with Gasteiger partial charge in [-0.25, -0.2) is 4.79 Å². The van der Waals surface area contributed by atoms with Gasteiger partial charge in [0.2, 0.25) is 0 Å². The smallest absolute Gasteiger partial charge is 0.325 e. The molecule has 0 aliphatic carbocycles. The molecule has 1 N–H and O–H groups in total. The number of hydrogen-bond donors (Lipinski definition) is 1. The third kappa shape index (κ3) is 3.27. The van der Waals surface area contributed by atoms with Gasteiger partial charge in [-0.05, 0) is 59.1 Å². The van der Waals surface area contributed by atoms with Crippen molar-refractivity contribution in [2.45, 2.75) is 37.8 Å². The molecule has 0 saturated carbocycles. The molecule has 0 bridgehead atoms. The van der Waals surface area contributed by atoms with Gasteiger partial charge in [0.25, 0.3) is 5.91 Å². The van der Waals surface area contributed by atoms with Gasteiger partial charge in [0.15, 0.2) is 5.54 Å². The van der Waals surface area contributed by atoms with Crippen molar-refractivity contribution in [3.05, 3.63) is 28.2 Å². The monoisotopic (exact) mass is 409 g/mol. The summed E-state index contributed by atoms with van der Waals surface area (Å²) in [5, 5.41) is 2.97. The van der Waals surface area contributed by atoms with Crippen LogP contribution in [0.5, 0.6) is 5.75 Å². The number of ether oxygens (including phenoxy) is 1. The summed E-state index contributed by atoms with van der Waals surface area (Å²) < 4.78 is 6.89. The fourth-order valence-electron chi connectivity index (χ4n) is 3.67. The number of amides is 3. The van der Waals surface area contributed by atoms with E-state index in [2.05, 4.69) is 21.2 Å². The average Bonchev–Trinajstić information content (AvgIpc) is 2.71. The molecule has 7 heteroatoms. The number of nitrogens with zero attached hydrogens (tertiary/aromatic N) is 2. The molecule has 3 amide bonds. The van der Waals surface area contributed by atoms with Gasteiger partial charge < -0.3 is 15.0 Å². The van der Waals surface area contributed by atoms with Crippen LogP contribution < -0.4 is 10.1 Å². The highest BCUT2D eigenvalue weighted by atomic mass is 79.9. The number of benzene rings is 1. The van der Waals surface area contributed by atoms with Gasteiger partial charge in [0.05, 0.1) is 0 Å². The predicted molar refractivity (Wildman–Crippen MR) is 98.6 cm³/mol. The third-order valence-corrected chi connectivity index (χ3v) is 5.13. The Morgan fingerprint density at radius 3 is 2.72 bits per heavy atom. The van der Waals surface area contributed by atoms with Gasteiger partial charge in [-0.3, -0.25) is 9.69 Å². The number of urea groups is 1. The van der Waals surface area contributed by atoms with Crippen LogP contribution in [0.3, 0.4) is 0 Å². The summed E-state index contributed by atoms with van der Waals surface area (Å²) in [6.07, 6.45) is 1.14. The molecule has 1 aromatic carbocycles. The Bertz CT molecular complexity index is 720. The van der Waals surface area contributed by atoms with Gasteiger partial charge in [-0.2, -0.15) is 0 Å². The van der Waals surface area contributed by atoms with Crippen LogP contribution in [0.1, 0.15) is 32.3 Å². The van der Waals surface area contributed by atoms with E-state index in [0.29, 0.717) is 18.7 Å². The molecule has 6 nitrogen and oxygen atoms in total. The number of carbonyl (C=O) groups excluding carboxylic acids is 2. The minimum atomic E-state index is -1.06. The summed E-state index contributed by atoms with van der Waals surface area (Å²) in [6, 6.07) is 5.26. The molecule has 1 atom stereocenters. The van der Waals surface area contributed by atoms with Crippen LogP contribution in [0, 0.1) is 0 Å². The summed E-state index contributed by atoms with van der Waals surface area (Å²) in [7, 11) is 3.95. The summed E-state index contributed by atoms with van der Waals surface area (Å²) in [6.45, 7) is 5.11. The number of fused-ring (bicyclic) bond motifs is 2. The lowest BCUT2D eigenvalue weighted by molar-refractivity contribution is -0.134. The number of carbonyl (C=O) groups is 2. The van der Waals surface area contributed by atoms with Crippen molar-refractivity contribution in [1.29, 1.82) is 0 Å². The van der Waals surface area contributed by atoms with E-state index in [9.17, 15) is 9.59 Å². The maximum Gasteiger partial charge on any atom is 0.325 e. The second-order valence-corrected chi connectivity index (χ2v) is 8.54. The standard InChI is InChI=1S/C18H24BrN3O3/c1-17(2)11-18(13-10-12(19)6-7-14(13)25-17)15(23)22(16(24)20-18)9-5-8-21(3)4/h6-7,10H,5,8-9,11H2,1-4H3,(H,20,24). The van der Waals surface area contributed by atoms with E-state index >= 15 is 0 Å². The SMILES string of the molecule is CN(C)CCCN1C(=O)NC2(CC(C)(C)Oc3ccc(Br)cc32)C1=O. The number of halogens is 1. The molecule has 3 rings (SSSR count). The van der Waals surface area contributed by atoms with E-state index in [-0.39, 0.29) is 11.9 Å². The van der Waals surface area contributed by atoms with Gasteiger partial charge in [0.1, 0.15) is 11.4 Å². The molecule has 0 aromatic heterocycles.